The van der Waals surface area contributed by atoms with Gasteiger partial charge in [0, 0.05) is 18.6 Å². The first kappa shape index (κ1) is 12.0. The molecule has 84 valence electrons. The summed E-state index contributed by atoms with van der Waals surface area (Å²) in [5, 5.41) is 0. The molecule has 14 heavy (non-hydrogen) atoms. The standard InChI is InChI=1S/C12H26N2/c1-12(8-6-5-7-9-12)14(4)11-10-13(2)3/h5-11H2,1-4H3. The van der Waals surface area contributed by atoms with Gasteiger partial charge in [0.05, 0.1) is 0 Å². The first-order chi connectivity index (χ1) is 6.54. The van der Waals surface area contributed by atoms with Crippen molar-refractivity contribution in [2.24, 2.45) is 0 Å². The molecule has 0 aromatic rings. The summed E-state index contributed by atoms with van der Waals surface area (Å²) >= 11 is 0. The van der Waals surface area contributed by atoms with E-state index in [0.717, 1.165) is 0 Å². The van der Waals surface area contributed by atoms with E-state index in [1.54, 1.807) is 0 Å². The van der Waals surface area contributed by atoms with Gasteiger partial charge in [0.15, 0.2) is 0 Å². The highest BCUT2D eigenvalue weighted by Crippen LogP contribution is 2.31. The molecule has 0 spiro atoms. The molecule has 1 aliphatic rings. The van der Waals surface area contributed by atoms with E-state index in [1.807, 2.05) is 0 Å². The molecule has 0 amide bonds. The Hall–Kier alpha value is -0.0800. The summed E-state index contributed by atoms with van der Waals surface area (Å²) in [6.45, 7) is 4.80. The van der Waals surface area contributed by atoms with Gasteiger partial charge in [0.25, 0.3) is 0 Å². The molecular formula is C12H26N2. The summed E-state index contributed by atoms with van der Waals surface area (Å²) in [6, 6.07) is 0. The van der Waals surface area contributed by atoms with Crippen LogP contribution in [-0.4, -0.2) is 49.6 Å². The van der Waals surface area contributed by atoms with Crippen LogP contribution in [0, 0.1) is 0 Å². The third-order valence-corrected chi connectivity index (χ3v) is 3.73. The summed E-state index contributed by atoms with van der Waals surface area (Å²) in [4.78, 5) is 4.83. The van der Waals surface area contributed by atoms with Gasteiger partial charge >= 0.3 is 0 Å². The van der Waals surface area contributed by atoms with E-state index in [4.69, 9.17) is 0 Å². The largest absolute Gasteiger partial charge is 0.308 e. The highest BCUT2D eigenvalue weighted by Gasteiger charge is 2.30. The van der Waals surface area contributed by atoms with Crippen LogP contribution < -0.4 is 0 Å². The van der Waals surface area contributed by atoms with Crippen LogP contribution in [0.25, 0.3) is 0 Å². The second-order valence-corrected chi connectivity index (χ2v) is 5.28. The summed E-state index contributed by atoms with van der Waals surface area (Å²) in [5.41, 5.74) is 0.480. The summed E-state index contributed by atoms with van der Waals surface area (Å²) < 4.78 is 0. The zero-order valence-electron chi connectivity index (χ0n) is 10.3. The minimum atomic E-state index is 0.480. The van der Waals surface area contributed by atoms with E-state index >= 15 is 0 Å². The van der Waals surface area contributed by atoms with E-state index in [-0.39, 0.29) is 0 Å². The van der Waals surface area contributed by atoms with Crippen molar-refractivity contribution in [1.29, 1.82) is 0 Å². The van der Waals surface area contributed by atoms with Gasteiger partial charge in [-0.25, -0.2) is 0 Å². The highest BCUT2D eigenvalue weighted by atomic mass is 15.2. The molecule has 0 saturated heterocycles. The smallest absolute Gasteiger partial charge is 0.0178 e. The van der Waals surface area contributed by atoms with Gasteiger partial charge in [-0.15, -0.1) is 0 Å². The molecule has 0 heterocycles. The van der Waals surface area contributed by atoms with E-state index < -0.39 is 0 Å². The Kier molecular flexibility index (Phi) is 4.39. The molecule has 0 N–H and O–H groups in total. The van der Waals surface area contributed by atoms with Gasteiger partial charge in [-0.3, -0.25) is 4.90 Å². The second kappa shape index (κ2) is 5.13. The van der Waals surface area contributed by atoms with E-state index in [1.165, 1.54) is 45.2 Å². The molecule has 0 atom stereocenters. The Balaban J connectivity index is 2.36. The molecule has 0 aromatic heterocycles. The zero-order chi connectivity index (χ0) is 10.6. The van der Waals surface area contributed by atoms with Crippen LogP contribution in [0.4, 0.5) is 0 Å². The summed E-state index contributed by atoms with van der Waals surface area (Å²) in [6.07, 6.45) is 7.05. The number of hydrogen-bond acceptors (Lipinski definition) is 2. The minimum absolute atomic E-state index is 0.480. The minimum Gasteiger partial charge on any atom is -0.308 e. The predicted molar refractivity (Wildman–Crippen MR) is 62.7 cm³/mol. The Morgan fingerprint density at radius 2 is 1.50 bits per heavy atom. The third kappa shape index (κ3) is 3.25. The molecule has 1 rings (SSSR count). The van der Waals surface area contributed by atoms with Crippen molar-refractivity contribution in [3.8, 4) is 0 Å². The quantitative estimate of drug-likeness (QED) is 0.683. The van der Waals surface area contributed by atoms with Gasteiger partial charge in [-0.1, -0.05) is 19.3 Å². The second-order valence-electron chi connectivity index (χ2n) is 5.28. The monoisotopic (exact) mass is 198 g/mol. The van der Waals surface area contributed by atoms with Crippen LogP contribution in [0.15, 0.2) is 0 Å². The molecule has 0 radical (unpaired) electrons. The Labute approximate surface area is 89.3 Å². The first-order valence-corrected chi connectivity index (χ1v) is 5.90. The number of nitrogens with zero attached hydrogens (tertiary/aromatic N) is 2. The lowest BCUT2D eigenvalue weighted by atomic mass is 9.82. The average Bonchev–Trinajstić information content (AvgIpc) is 2.15. The maximum atomic E-state index is 2.56. The molecule has 0 aliphatic heterocycles. The molecule has 1 saturated carbocycles. The normalized spacial score (nSPS) is 21.9. The van der Waals surface area contributed by atoms with Crippen molar-refractivity contribution >= 4 is 0 Å². The highest BCUT2D eigenvalue weighted by molar-refractivity contribution is 4.87. The van der Waals surface area contributed by atoms with Gasteiger partial charge in [0.1, 0.15) is 0 Å². The van der Waals surface area contributed by atoms with E-state index in [2.05, 4.69) is 37.9 Å². The molecular weight excluding hydrogens is 172 g/mol. The van der Waals surface area contributed by atoms with Crippen LogP contribution in [0.1, 0.15) is 39.0 Å². The number of likely N-dealkylation sites (N-methyl/N-ethyl adjacent to an activating group) is 2. The Bertz CT molecular complexity index is 160. The lowest BCUT2D eigenvalue weighted by Gasteiger charge is -2.42. The van der Waals surface area contributed by atoms with Crippen molar-refractivity contribution in [3.63, 3.8) is 0 Å². The van der Waals surface area contributed by atoms with Gasteiger partial charge in [-0.05, 0) is 40.9 Å². The molecule has 0 unspecified atom stereocenters. The molecule has 0 aromatic carbocycles. The maximum absolute atomic E-state index is 2.56. The maximum Gasteiger partial charge on any atom is 0.0178 e. The van der Waals surface area contributed by atoms with E-state index in [0.29, 0.717) is 5.54 Å². The van der Waals surface area contributed by atoms with Crippen molar-refractivity contribution < 1.29 is 0 Å². The zero-order valence-corrected chi connectivity index (χ0v) is 10.3. The van der Waals surface area contributed by atoms with Gasteiger partial charge in [-0.2, -0.15) is 0 Å². The van der Waals surface area contributed by atoms with Crippen molar-refractivity contribution in [1.82, 2.24) is 9.80 Å². The number of rotatable bonds is 4. The van der Waals surface area contributed by atoms with Crippen molar-refractivity contribution in [2.45, 2.75) is 44.6 Å². The lowest BCUT2D eigenvalue weighted by Crippen LogP contribution is -2.47. The van der Waals surface area contributed by atoms with Crippen molar-refractivity contribution in [3.05, 3.63) is 0 Å². The number of hydrogen-bond donors (Lipinski definition) is 0. The Morgan fingerprint density at radius 1 is 0.929 bits per heavy atom. The molecule has 0 bridgehead atoms. The lowest BCUT2D eigenvalue weighted by molar-refractivity contribution is 0.0861. The van der Waals surface area contributed by atoms with Crippen LogP contribution in [0.3, 0.4) is 0 Å². The average molecular weight is 198 g/mol. The third-order valence-electron chi connectivity index (χ3n) is 3.73. The summed E-state index contributed by atoms with van der Waals surface area (Å²) in [7, 11) is 6.59. The topological polar surface area (TPSA) is 6.48 Å². The molecule has 1 aliphatic carbocycles. The molecule has 2 nitrogen and oxygen atoms in total. The fourth-order valence-electron chi connectivity index (χ4n) is 2.32. The Morgan fingerprint density at radius 3 is 2.00 bits per heavy atom. The van der Waals surface area contributed by atoms with Crippen LogP contribution in [0.5, 0.6) is 0 Å². The van der Waals surface area contributed by atoms with Crippen LogP contribution in [-0.2, 0) is 0 Å². The molecule has 2 heteroatoms. The van der Waals surface area contributed by atoms with Gasteiger partial charge in [0.2, 0.25) is 0 Å². The van der Waals surface area contributed by atoms with Crippen molar-refractivity contribution in [2.75, 3.05) is 34.2 Å². The SMILES string of the molecule is CN(C)CCN(C)C1(C)CCCCC1. The molecule has 1 fully saturated rings. The van der Waals surface area contributed by atoms with Crippen LogP contribution >= 0.6 is 0 Å². The fourth-order valence-corrected chi connectivity index (χ4v) is 2.32. The van der Waals surface area contributed by atoms with Crippen LogP contribution in [0.2, 0.25) is 0 Å². The predicted octanol–water partition coefficient (Wildman–Crippen LogP) is 2.20. The fraction of sp³-hybridized carbons (Fsp3) is 1.00. The first-order valence-electron chi connectivity index (χ1n) is 5.90. The van der Waals surface area contributed by atoms with Gasteiger partial charge < -0.3 is 4.90 Å². The van der Waals surface area contributed by atoms with E-state index in [9.17, 15) is 0 Å². The summed E-state index contributed by atoms with van der Waals surface area (Å²) in [5.74, 6) is 0.